The van der Waals surface area contributed by atoms with Gasteiger partial charge >= 0.3 is 5.69 Å². The van der Waals surface area contributed by atoms with Crippen molar-refractivity contribution in [2.75, 3.05) is 18.5 Å². The van der Waals surface area contributed by atoms with E-state index in [0.29, 0.717) is 6.42 Å². The molecular formula is C10H16N4O5S2. The molecule has 21 heavy (non-hydrogen) atoms. The second-order valence-corrected chi connectivity index (χ2v) is 8.05. The van der Waals surface area contributed by atoms with E-state index in [9.17, 15) is 23.6 Å². The number of aliphatic hydroxyl groups excluding tert-OH is 1. The number of rotatable bonds is 5. The van der Waals surface area contributed by atoms with Gasteiger partial charge in [0.2, 0.25) is 0 Å². The minimum absolute atomic E-state index is 0.00940. The van der Waals surface area contributed by atoms with Gasteiger partial charge in [0.1, 0.15) is 4.21 Å². The zero-order chi connectivity index (χ0) is 15.8. The first-order valence-electron chi connectivity index (χ1n) is 6.20. The molecule has 11 heteroatoms. The van der Waals surface area contributed by atoms with Crippen LogP contribution in [-0.2, 0) is 10.0 Å². The molecule has 1 fully saturated rings. The Morgan fingerprint density at radius 3 is 2.76 bits per heavy atom. The normalized spacial score (nSPS) is 21.4. The highest BCUT2D eigenvalue weighted by Gasteiger charge is 2.36. The summed E-state index contributed by atoms with van der Waals surface area (Å²) in [7, 11) is -3.81. The van der Waals surface area contributed by atoms with E-state index in [4.69, 9.17) is 5.84 Å². The molecule has 0 amide bonds. The highest BCUT2D eigenvalue weighted by molar-refractivity contribution is 7.91. The fourth-order valence-electron chi connectivity index (χ4n) is 2.22. The van der Waals surface area contributed by atoms with E-state index in [1.54, 1.807) is 6.92 Å². The van der Waals surface area contributed by atoms with Gasteiger partial charge in [-0.2, -0.15) is 4.31 Å². The number of nitro groups is 1. The molecule has 2 unspecified atom stereocenters. The van der Waals surface area contributed by atoms with Crippen LogP contribution in [0.2, 0.25) is 0 Å². The third kappa shape index (κ3) is 3.01. The smallest absolute Gasteiger partial charge is 0.306 e. The van der Waals surface area contributed by atoms with E-state index in [1.165, 1.54) is 4.31 Å². The van der Waals surface area contributed by atoms with Gasteiger partial charge in [-0.05, 0) is 19.3 Å². The van der Waals surface area contributed by atoms with Crippen molar-refractivity contribution in [3.05, 3.63) is 16.2 Å². The summed E-state index contributed by atoms with van der Waals surface area (Å²) >= 11 is 0.721. The fraction of sp³-hybridized carbons (Fsp3) is 0.600. The maximum atomic E-state index is 12.5. The van der Waals surface area contributed by atoms with Crippen LogP contribution in [0.25, 0.3) is 0 Å². The average Bonchev–Trinajstić information content (AvgIpc) is 3.06. The zero-order valence-corrected chi connectivity index (χ0v) is 12.9. The third-order valence-electron chi connectivity index (χ3n) is 3.48. The van der Waals surface area contributed by atoms with Gasteiger partial charge in [-0.1, -0.05) is 11.3 Å². The molecule has 0 aromatic carbocycles. The summed E-state index contributed by atoms with van der Waals surface area (Å²) in [5.41, 5.74) is 1.77. The van der Waals surface area contributed by atoms with Gasteiger partial charge in [0.25, 0.3) is 10.0 Å². The number of aliphatic hydroxyl groups is 1. The van der Waals surface area contributed by atoms with Crippen LogP contribution in [-0.4, -0.2) is 41.9 Å². The minimum Gasteiger partial charge on any atom is -0.393 e. The Morgan fingerprint density at radius 2 is 2.33 bits per heavy atom. The topological polar surface area (TPSA) is 139 Å². The molecule has 1 aromatic rings. The lowest BCUT2D eigenvalue weighted by atomic mass is 10.0. The van der Waals surface area contributed by atoms with E-state index >= 15 is 0 Å². The highest BCUT2D eigenvalue weighted by Crippen LogP contribution is 2.38. The first kappa shape index (κ1) is 16.1. The number of nitrogens with zero attached hydrogens (tertiary/aromatic N) is 2. The van der Waals surface area contributed by atoms with Crippen LogP contribution < -0.4 is 11.3 Å². The van der Waals surface area contributed by atoms with Gasteiger partial charge in [0.15, 0.2) is 5.00 Å². The predicted molar refractivity (Wildman–Crippen MR) is 77.3 cm³/mol. The summed E-state index contributed by atoms with van der Waals surface area (Å²) in [6, 6.07) is 1.00. The molecule has 0 bridgehead atoms. The van der Waals surface area contributed by atoms with Crippen LogP contribution >= 0.6 is 11.3 Å². The van der Waals surface area contributed by atoms with E-state index in [1.807, 2.05) is 0 Å². The highest BCUT2D eigenvalue weighted by atomic mass is 32.2. The van der Waals surface area contributed by atoms with Crippen LogP contribution in [0.1, 0.15) is 13.3 Å². The van der Waals surface area contributed by atoms with Crippen molar-refractivity contribution in [1.29, 1.82) is 0 Å². The van der Waals surface area contributed by atoms with Crippen molar-refractivity contribution < 1.29 is 18.4 Å². The van der Waals surface area contributed by atoms with E-state index in [2.05, 4.69) is 5.43 Å². The molecule has 0 spiro atoms. The summed E-state index contributed by atoms with van der Waals surface area (Å²) in [5, 5.41) is 20.4. The van der Waals surface area contributed by atoms with Gasteiger partial charge in [-0.25, -0.2) is 14.3 Å². The van der Waals surface area contributed by atoms with Crippen molar-refractivity contribution in [2.45, 2.75) is 23.7 Å². The number of sulfonamides is 1. The van der Waals surface area contributed by atoms with Crippen LogP contribution in [0.5, 0.6) is 0 Å². The first-order valence-corrected chi connectivity index (χ1v) is 8.46. The summed E-state index contributed by atoms with van der Waals surface area (Å²) in [6.07, 6.45) is -0.0315. The van der Waals surface area contributed by atoms with Gasteiger partial charge in [0, 0.05) is 19.2 Å². The lowest BCUT2D eigenvalue weighted by Crippen LogP contribution is -2.30. The molecule has 0 saturated carbocycles. The van der Waals surface area contributed by atoms with Crippen LogP contribution in [0.4, 0.5) is 10.7 Å². The molecule has 0 radical (unpaired) electrons. The van der Waals surface area contributed by atoms with Crippen LogP contribution in [0, 0.1) is 16.0 Å². The largest absolute Gasteiger partial charge is 0.393 e. The second-order valence-electron chi connectivity index (χ2n) is 4.83. The van der Waals surface area contributed by atoms with Crippen molar-refractivity contribution >= 4 is 32.0 Å². The SMILES string of the molecule is CC(O)C1CCN(S(=O)(=O)c2cc([N+](=O)[O-])c(NN)s2)C1. The second kappa shape index (κ2) is 5.85. The Morgan fingerprint density at radius 1 is 1.67 bits per heavy atom. The standard InChI is InChI=1S/C10H16N4O5S2/c1-6(15)7-2-3-13(5-7)21(18,19)9-4-8(14(16)17)10(12-11)20-9/h4,6-7,12,15H,2-3,5,11H2,1H3. The third-order valence-corrected chi connectivity index (χ3v) is 6.85. The zero-order valence-electron chi connectivity index (χ0n) is 11.2. The molecule has 4 N–H and O–H groups in total. The molecular weight excluding hydrogens is 320 g/mol. The maximum Gasteiger partial charge on any atom is 0.306 e. The fourth-order valence-corrected chi connectivity index (χ4v) is 5.12. The summed E-state index contributed by atoms with van der Waals surface area (Å²) < 4.78 is 26.0. The van der Waals surface area contributed by atoms with Gasteiger partial charge in [0.05, 0.1) is 11.0 Å². The van der Waals surface area contributed by atoms with Crippen molar-refractivity contribution in [2.24, 2.45) is 11.8 Å². The number of thiophene rings is 1. The summed E-state index contributed by atoms with van der Waals surface area (Å²) in [5.74, 6) is 5.05. The van der Waals surface area contributed by atoms with Crippen molar-refractivity contribution in [3.8, 4) is 0 Å². The molecule has 2 rings (SSSR count). The molecule has 1 aliphatic rings. The predicted octanol–water partition coefficient (Wildman–Crippen LogP) is 0.333. The Balaban J connectivity index is 2.31. The summed E-state index contributed by atoms with van der Waals surface area (Å²) in [6.45, 7) is 2.11. The van der Waals surface area contributed by atoms with Crippen molar-refractivity contribution in [1.82, 2.24) is 4.31 Å². The molecule has 0 aliphatic carbocycles. The molecule has 1 aromatic heterocycles. The molecule has 2 heterocycles. The molecule has 1 aliphatic heterocycles. The molecule has 1 saturated heterocycles. The lowest BCUT2D eigenvalue weighted by Gasteiger charge is -2.16. The van der Waals surface area contributed by atoms with E-state index in [0.717, 1.165) is 17.4 Å². The van der Waals surface area contributed by atoms with Gasteiger partial charge in [-0.15, -0.1) is 0 Å². The Bertz CT molecular complexity index is 642. The molecule has 118 valence electrons. The lowest BCUT2D eigenvalue weighted by molar-refractivity contribution is -0.383. The van der Waals surface area contributed by atoms with Crippen LogP contribution in [0.3, 0.4) is 0 Å². The number of nitrogens with two attached hydrogens (primary N) is 1. The number of nitrogens with one attached hydrogen (secondary N) is 1. The van der Waals surface area contributed by atoms with Crippen molar-refractivity contribution in [3.63, 3.8) is 0 Å². The Hall–Kier alpha value is -1.27. The Kier molecular flexibility index (Phi) is 4.49. The van der Waals surface area contributed by atoms with Crippen LogP contribution in [0.15, 0.2) is 10.3 Å². The minimum atomic E-state index is -3.81. The van der Waals surface area contributed by atoms with Gasteiger partial charge in [-0.3, -0.25) is 10.1 Å². The first-order chi connectivity index (χ1) is 9.77. The van der Waals surface area contributed by atoms with E-state index in [-0.39, 0.29) is 33.9 Å². The summed E-state index contributed by atoms with van der Waals surface area (Å²) in [4.78, 5) is 10.2. The molecule has 2 atom stereocenters. The van der Waals surface area contributed by atoms with E-state index < -0.39 is 21.1 Å². The maximum absolute atomic E-state index is 12.5. The molecule has 9 nitrogen and oxygen atoms in total. The number of nitrogen functional groups attached to an aromatic ring is 1. The quantitative estimate of drug-likeness (QED) is 0.400. The number of hydrogen-bond acceptors (Lipinski definition) is 8. The Labute approximate surface area is 125 Å². The van der Waals surface area contributed by atoms with Gasteiger partial charge < -0.3 is 10.5 Å². The number of hydrogen-bond donors (Lipinski definition) is 3. The number of anilines is 1. The average molecular weight is 336 g/mol. The number of hydrazine groups is 1. The monoisotopic (exact) mass is 336 g/mol.